The summed E-state index contributed by atoms with van der Waals surface area (Å²) < 4.78 is 0. The van der Waals surface area contributed by atoms with Crippen molar-refractivity contribution in [1.82, 2.24) is 19.6 Å². The zero-order chi connectivity index (χ0) is 21.1. The van der Waals surface area contributed by atoms with Crippen LogP contribution in [0.2, 0.25) is 0 Å². The molecule has 1 fully saturated rings. The fraction of sp³-hybridized carbons (Fsp3) is 0.750. The van der Waals surface area contributed by atoms with Gasteiger partial charge in [0.15, 0.2) is 0 Å². The molecule has 171 valence electrons. The number of hydrogen-bond acceptors (Lipinski definition) is 8. The van der Waals surface area contributed by atoms with Crippen molar-refractivity contribution in [3.63, 3.8) is 0 Å². The van der Waals surface area contributed by atoms with E-state index in [1.165, 1.54) is 0 Å². The SMILES string of the molecule is NC(=O)CN1CCN(CC(N)=O)CCN(CC(N)=O)CCN(CC(N)=O)CC1.[Yb+3]. The second-order valence-corrected chi connectivity index (χ2v) is 6.97. The largest absolute Gasteiger partial charge is 3.00 e. The molecule has 12 nitrogen and oxygen atoms in total. The average Bonchev–Trinajstić information content (AvgIpc) is 2.55. The maximum absolute atomic E-state index is 11.4. The van der Waals surface area contributed by atoms with Crippen molar-refractivity contribution in [2.24, 2.45) is 22.9 Å². The van der Waals surface area contributed by atoms with Gasteiger partial charge in [0.2, 0.25) is 23.6 Å². The summed E-state index contributed by atoms with van der Waals surface area (Å²) in [6.07, 6.45) is 0. The van der Waals surface area contributed by atoms with Crippen LogP contribution in [0.5, 0.6) is 0 Å². The summed E-state index contributed by atoms with van der Waals surface area (Å²) in [7, 11) is 0. The zero-order valence-corrected chi connectivity index (χ0v) is 18.2. The molecule has 0 aliphatic carbocycles. The van der Waals surface area contributed by atoms with Gasteiger partial charge in [-0.05, 0) is 0 Å². The molecule has 0 aromatic heterocycles. The first-order valence-electron chi connectivity index (χ1n) is 9.18. The molecule has 0 spiro atoms. The Kier molecular flexibility index (Phi) is 14.7. The van der Waals surface area contributed by atoms with Crippen LogP contribution in [0.4, 0.5) is 0 Å². The van der Waals surface area contributed by atoms with E-state index in [1.807, 2.05) is 19.6 Å². The third-order valence-corrected chi connectivity index (χ3v) is 4.45. The number of nitrogens with two attached hydrogens (primary N) is 4. The fourth-order valence-electron chi connectivity index (χ4n) is 3.09. The zero-order valence-electron chi connectivity index (χ0n) is 16.5. The predicted octanol–water partition coefficient (Wildman–Crippen LogP) is -4.85. The second kappa shape index (κ2) is 15.1. The monoisotopic (exact) mass is 574 g/mol. The van der Waals surface area contributed by atoms with Gasteiger partial charge in [-0.15, -0.1) is 0 Å². The Morgan fingerprint density at radius 2 is 0.586 bits per heavy atom. The third-order valence-electron chi connectivity index (χ3n) is 4.45. The van der Waals surface area contributed by atoms with Crippen LogP contribution in [0.3, 0.4) is 0 Å². The molecule has 8 N–H and O–H groups in total. The molecule has 1 heterocycles. The first-order valence-corrected chi connectivity index (χ1v) is 9.18. The Labute approximate surface area is 209 Å². The van der Waals surface area contributed by atoms with Gasteiger partial charge in [-0.3, -0.25) is 38.8 Å². The Balaban J connectivity index is 0.00000784. The molecule has 1 saturated heterocycles. The molecule has 1 radical (unpaired) electrons. The molecule has 1 aliphatic heterocycles. The molecule has 0 aromatic carbocycles. The number of nitrogens with zero attached hydrogens (tertiary/aromatic N) is 4. The third kappa shape index (κ3) is 14.0. The topological polar surface area (TPSA) is 185 Å². The van der Waals surface area contributed by atoms with Crippen LogP contribution in [0.15, 0.2) is 0 Å². The number of amides is 4. The van der Waals surface area contributed by atoms with Crippen molar-refractivity contribution in [1.29, 1.82) is 0 Å². The number of carbonyl (C=O) groups is 4. The summed E-state index contributed by atoms with van der Waals surface area (Å²) in [5.41, 5.74) is 21.3. The van der Waals surface area contributed by atoms with Crippen molar-refractivity contribution >= 4 is 23.6 Å². The van der Waals surface area contributed by atoms with Crippen LogP contribution in [0, 0.1) is 46.9 Å². The smallest absolute Gasteiger partial charge is 0.369 e. The van der Waals surface area contributed by atoms with Gasteiger partial charge in [0.25, 0.3) is 0 Å². The van der Waals surface area contributed by atoms with E-state index >= 15 is 0 Å². The van der Waals surface area contributed by atoms with Gasteiger partial charge < -0.3 is 22.9 Å². The summed E-state index contributed by atoms with van der Waals surface area (Å²) in [5.74, 6) is -1.82. The van der Waals surface area contributed by atoms with Crippen LogP contribution in [0.1, 0.15) is 0 Å². The van der Waals surface area contributed by atoms with Gasteiger partial charge in [-0.2, -0.15) is 0 Å². The molecular weight excluding hydrogens is 541 g/mol. The Morgan fingerprint density at radius 3 is 0.690 bits per heavy atom. The summed E-state index contributed by atoms with van der Waals surface area (Å²) in [6, 6.07) is 0. The maximum atomic E-state index is 11.4. The molecule has 4 amide bonds. The second-order valence-electron chi connectivity index (χ2n) is 6.97. The van der Waals surface area contributed by atoms with E-state index in [9.17, 15) is 19.2 Å². The standard InChI is InChI=1S/C16H32N8O4.Yb/c17-13(25)9-21-1-2-22(10-14(18)26)5-6-24(12-16(20)28)8-7-23(4-3-21)11-15(19)27;/h1-12H2,(H2,17,25)(H2,18,26)(H2,19,27)(H2,20,28);/q;+3. The molecule has 0 bridgehead atoms. The fourth-order valence-corrected chi connectivity index (χ4v) is 3.09. The van der Waals surface area contributed by atoms with E-state index in [0.717, 1.165) is 0 Å². The van der Waals surface area contributed by atoms with Crippen LogP contribution in [0.25, 0.3) is 0 Å². The van der Waals surface area contributed by atoms with Gasteiger partial charge in [-0.1, -0.05) is 0 Å². The molecular formula is C16H32N8O4Yb+3. The first kappa shape index (κ1) is 28.2. The molecule has 13 heteroatoms. The minimum atomic E-state index is -0.456. The quantitative estimate of drug-likeness (QED) is 0.223. The van der Waals surface area contributed by atoms with E-state index in [1.54, 1.807) is 0 Å². The van der Waals surface area contributed by atoms with Crippen LogP contribution in [-0.4, -0.2) is 122 Å². The first-order chi connectivity index (χ1) is 13.2. The van der Waals surface area contributed by atoms with E-state index in [2.05, 4.69) is 0 Å². The molecule has 1 aliphatic rings. The minimum Gasteiger partial charge on any atom is -0.369 e. The average molecular weight is 574 g/mol. The van der Waals surface area contributed by atoms with E-state index < -0.39 is 23.6 Å². The molecule has 0 aromatic rings. The van der Waals surface area contributed by atoms with Gasteiger partial charge in [0.1, 0.15) is 0 Å². The summed E-state index contributed by atoms with van der Waals surface area (Å²) in [5, 5.41) is 0. The van der Waals surface area contributed by atoms with Gasteiger partial charge in [-0.25, -0.2) is 0 Å². The summed E-state index contributed by atoms with van der Waals surface area (Å²) >= 11 is 0. The van der Waals surface area contributed by atoms with Crippen LogP contribution >= 0.6 is 0 Å². The number of rotatable bonds is 8. The van der Waals surface area contributed by atoms with Crippen molar-refractivity contribution in [2.75, 3.05) is 78.5 Å². The van der Waals surface area contributed by atoms with E-state index in [-0.39, 0.29) is 73.1 Å². The normalized spacial score (nSPS) is 18.8. The minimum absolute atomic E-state index is 0. The summed E-state index contributed by atoms with van der Waals surface area (Å²) in [4.78, 5) is 52.9. The predicted molar refractivity (Wildman–Crippen MR) is 103 cm³/mol. The molecule has 1 rings (SSSR count). The number of primary amides is 4. The van der Waals surface area contributed by atoms with Crippen molar-refractivity contribution in [3.05, 3.63) is 0 Å². The Bertz CT molecular complexity index is 453. The number of hydrogen-bond donors (Lipinski definition) is 4. The Hall–Kier alpha value is -0.761. The van der Waals surface area contributed by atoms with Gasteiger partial charge in [0.05, 0.1) is 26.2 Å². The van der Waals surface area contributed by atoms with E-state index in [0.29, 0.717) is 52.4 Å². The molecule has 0 unspecified atom stereocenters. The van der Waals surface area contributed by atoms with Crippen molar-refractivity contribution in [3.8, 4) is 0 Å². The van der Waals surface area contributed by atoms with Gasteiger partial charge in [0, 0.05) is 52.4 Å². The maximum Gasteiger partial charge on any atom is 3.00 e. The number of carbonyl (C=O) groups excluding carboxylic acids is 4. The van der Waals surface area contributed by atoms with Crippen molar-refractivity contribution in [2.45, 2.75) is 0 Å². The van der Waals surface area contributed by atoms with E-state index in [4.69, 9.17) is 22.9 Å². The van der Waals surface area contributed by atoms with Crippen LogP contribution in [-0.2, 0) is 19.2 Å². The van der Waals surface area contributed by atoms with Crippen molar-refractivity contribution < 1.29 is 66.1 Å². The van der Waals surface area contributed by atoms with Gasteiger partial charge >= 0.3 is 46.9 Å². The Morgan fingerprint density at radius 1 is 0.448 bits per heavy atom. The van der Waals surface area contributed by atoms with Crippen LogP contribution < -0.4 is 22.9 Å². The summed E-state index contributed by atoms with van der Waals surface area (Å²) in [6.45, 7) is 4.26. The molecule has 0 atom stereocenters. The molecule has 29 heavy (non-hydrogen) atoms. The molecule has 0 saturated carbocycles.